The van der Waals surface area contributed by atoms with Crippen LogP contribution in [-0.2, 0) is 6.42 Å². The van der Waals surface area contributed by atoms with Gasteiger partial charge in [0, 0.05) is 40.8 Å². The lowest BCUT2D eigenvalue weighted by atomic mass is 10.0. The summed E-state index contributed by atoms with van der Waals surface area (Å²) in [6.45, 7) is 5.94. The van der Waals surface area contributed by atoms with Crippen LogP contribution < -0.4 is 0 Å². The zero-order valence-corrected chi connectivity index (χ0v) is 19.3. The van der Waals surface area contributed by atoms with Gasteiger partial charge in [0.15, 0.2) is 0 Å². The molecule has 1 saturated heterocycles. The fourth-order valence-electron chi connectivity index (χ4n) is 3.74. The van der Waals surface area contributed by atoms with E-state index in [0.29, 0.717) is 0 Å². The van der Waals surface area contributed by atoms with Gasteiger partial charge in [0.25, 0.3) is 0 Å². The largest absolute Gasteiger partial charge is 0.304 e. The summed E-state index contributed by atoms with van der Waals surface area (Å²) in [5.74, 6) is 0. The van der Waals surface area contributed by atoms with Crippen molar-refractivity contribution in [3.63, 3.8) is 0 Å². The molecule has 0 N–H and O–H groups in total. The van der Waals surface area contributed by atoms with Crippen LogP contribution in [0.4, 0.5) is 0 Å². The smallest absolute Gasteiger partial charge is 0.0413 e. The summed E-state index contributed by atoms with van der Waals surface area (Å²) in [6.07, 6.45) is 2.30. The zero-order valence-electron chi connectivity index (χ0n) is 16.1. The van der Waals surface area contributed by atoms with Gasteiger partial charge in [0.1, 0.15) is 0 Å². The van der Waals surface area contributed by atoms with Crippen LogP contribution in [0.25, 0.3) is 20.5 Å². The molecule has 1 aliphatic heterocycles. The van der Waals surface area contributed by atoms with E-state index >= 15 is 0 Å². The van der Waals surface area contributed by atoms with E-state index in [0.717, 1.165) is 11.4 Å². The lowest BCUT2D eigenvalue weighted by molar-refractivity contribution is 0.153. The Balaban J connectivity index is 0.00000140. The van der Waals surface area contributed by atoms with Crippen molar-refractivity contribution in [2.45, 2.75) is 12.8 Å². The van der Waals surface area contributed by atoms with Gasteiger partial charge in [0.2, 0.25) is 0 Å². The summed E-state index contributed by atoms with van der Waals surface area (Å²) in [7, 11) is 2.21. The maximum atomic E-state index is 6.31. The van der Waals surface area contributed by atoms with Gasteiger partial charge in [0.05, 0.1) is 0 Å². The first-order chi connectivity index (χ1) is 12.7. The lowest BCUT2D eigenvalue weighted by Gasteiger charge is -2.32. The first kappa shape index (κ1) is 23.5. The molecule has 6 heteroatoms. The van der Waals surface area contributed by atoms with E-state index in [-0.39, 0.29) is 24.8 Å². The number of benzene rings is 2. The summed E-state index contributed by atoms with van der Waals surface area (Å²) in [6, 6.07) is 17.1. The van der Waals surface area contributed by atoms with Crippen molar-refractivity contribution < 1.29 is 0 Å². The monoisotopic (exact) mass is 456 g/mol. The molecule has 2 aromatic carbocycles. The first-order valence-electron chi connectivity index (χ1n) is 9.38. The normalized spacial score (nSPS) is 15.2. The van der Waals surface area contributed by atoms with E-state index in [1.165, 1.54) is 65.2 Å². The van der Waals surface area contributed by atoms with Gasteiger partial charge < -0.3 is 9.80 Å². The summed E-state index contributed by atoms with van der Waals surface area (Å²) in [5.41, 5.74) is 2.78. The first-order valence-corrected chi connectivity index (χ1v) is 10.6. The van der Waals surface area contributed by atoms with Crippen molar-refractivity contribution >= 4 is 57.8 Å². The highest BCUT2D eigenvalue weighted by Gasteiger charge is 2.16. The fourth-order valence-corrected chi connectivity index (χ4v) is 5.15. The predicted molar refractivity (Wildman–Crippen MR) is 129 cm³/mol. The van der Waals surface area contributed by atoms with Crippen LogP contribution in [0.5, 0.6) is 0 Å². The molecule has 0 unspecified atom stereocenters. The minimum atomic E-state index is 0. The van der Waals surface area contributed by atoms with E-state index in [9.17, 15) is 0 Å². The van der Waals surface area contributed by atoms with Crippen LogP contribution in [-0.4, -0.2) is 49.6 Å². The maximum absolute atomic E-state index is 6.31. The van der Waals surface area contributed by atoms with Gasteiger partial charge in [-0.05, 0) is 61.1 Å². The number of hydrogen-bond acceptors (Lipinski definition) is 3. The molecular formula is C22H27Cl3N2S. The molecular weight excluding hydrogens is 431 g/mol. The van der Waals surface area contributed by atoms with Gasteiger partial charge in [-0.1, -0.05) is 41.9 Å². The highest BCUT2D eigenvalue weighted by atomic mass is 35.5. The van der Waals surface area contributed by atoms with Gasteiger partial charge in [-0.2, -0.15) is 0 Å². The molecule has 3 aromatic rings. The molecule has 0 atom stereocenters. The van der Waals surface area contributed by atoms with Crippen LogP contribution in [0.15, 0.2) is 48.5 Å². The molecule has 0 aliphatic carbocycles. The summed E-state index contributed by atoms with van der Waals surface area (Å²) < 4.78 is 1.34. The van der Waals surface area contributed by atoms with Gasteiger partial charge >= 0.3 is 0 Å². The molecule has 2 heterocycles. The number of piperazine rings is 1. The third kappa shape index (κ3) is 5.41. The van der Waals surface area contributed by atoms with E-state index in [1.54, 1.807) is 0 Å². The van der Waals surface area contributed by atoms with Crippen molar-refractivity contribution in [3.8, 4) is 10.4 Å². The molecule has 28 heavy (non-hydrogen) atoms. The number of halogens is 3. The third-order valence-electron chi connectivity index (χ3n) is 5.29. The van der Waals surface area contributed by atoms with Crippen LogP contribution in [0, 0.1) is 0 Å². The molecule has 0 amide bonds. The topological polar surface area (TPSA) is 6.48 Å². The van der Waals surface area contributed by atoms with Crippen molar-refractivity contribution in [2.24, 2.45) is 0 Å². The Morgan fingerprint density at radius 2 is 1.68 bits per heavy atom. The molecule has 0 spiro atoms. The highest BCUT2D eigenvalue weighted by Crippen LogP contribution is 2.40. The Labute approximate surface area is 189 Å². The molecule has 1 fully saturated rings. The van der Waals surface area contributed by atoms with Crippen molar-refractivity contribution in [3.05, 3.63) is 59.1 Å². The molecule has 152 valence electrons. The lowest BCUT2D eigenvalue weighted by Crippen LogP contribution is -2.44. The zero-order chi connectivity index (χ0) is 17.9. The van der Waals surface area contributed by atoms with Crippen LogP contribution in [0.2, 0.25) is 5.02 Å². The summed E-state index contributed by atoms with van der Waals surface area (Å²) in [4.78, 5) is 6.42. The number of aryl methyl sites for hydroxylation is 1. The van der Waals surface area contributed by atoms with Crippen molar-refractivity contribution in [1.29, 1.82) is 0 Å². The fraction of sp³-hybridized carbons (Fsp3) is 0.364. The Bertz CT molecular complexity index is 874. The molecule has 1 aromatic heterocycles. The van der Waals surface area contributed by atoms with Crippen molar-refractivity contribution in [2.75, 3.05) is 39.8 Å². The molecule has 0 bridgehead atoms. The average molecular weight is 458 g/mol. The number of hydrogen-bond donors (Lipinski definition) is 0. The third-order valence-corrected chi connectivity index (χ3v) is 6.78. The predicted octanol–water partition coefficient (Wildman–Crippen LogP) is 6.25. The molecule has 1 aliphatic rings. The number of fused-ring (bicyclic) bond motifs is 1. The quantitative estimate of drug-likeness (QED) is 0.447. The van der Waals surface area contributed by atoms with Gasteiger partial charge in [-0.15, -0.1) is 36.2 Å². The minimum absolute atomic E-state index is 0. The van der Waals surface area contributed by atoms with E-state index in [4.69, 9.17) is 11.6 Å². The Morgan fingerprint density at radius 1 is 0.964 bits per heavy atom. The number of thiophene rings is 1. The molecule has 2 nitrogen and oxygen atoms in total. The second-order valence-corrected chi connectivity index (χ2v) is 8.65. The van der Waals surface area contributed by atoms with Crippen LogP contribution in [0.3, 0.4) is 0 Å². The van der Waals surface area contributed by atoms with E-state index in [2.05, 4.69) is 59.3 Å². The SMILES string of the molecule is CN1CCN(CCCc2c(-c3ccccc3)sc3ccc(Cl)cc23)CC1.Cl.Cl. The van der Waals surface area contributed by atoms with E-state index < -0.39 is 0 Å². The Hall–Kier alpha value is -0.810. The van der Waals surface area contributed by atoms with Gasteiger partial charge in [-0.3, -0.25) is 0 Å². The molecule has 0 radical (unpaired) electrons. The second kappa shape index (κ2) is 10.8. The highest BCUT2D eigenvalue weighted by molar-refractivity contribution is 7.22. The average Bonchev–Trinajstić information content (AvgIpc) is 3.02. The summed E-state index contributed by atoms with van der Waals surface area (Å²) >= 11 is 8.20. The summed E-state index contributed by atoms with van der Waals surface area (Å²) in [5, 5.41) is 2.16. The Kier molecular flexibility index (Phi) is 9.07. The molecule has 4 rings (SSSR count). The van der Waals surface area contributed by atoms with Crippen LogP contribution in [0.1, 0.15) is 12.0 Å². The van der Waals surface area contributed by atoms with Crippen molar-refractivity contribution in [1.82, 2.24) is 9.80 Å². The minimum Gasteiger partial charge on any atom is -0.304 e. The van der Waals surface area contributed by atoms with E-state index in [1.807, 2.05) is 17.4 Å². The second-order valence-electron chi connectivity index (χ2n) is 7.16. The van der Waals surface area contributed by atoms with Crippen LogP contribution >= 0.6 is 47.8 Å². The number of rotatable bonds is 5. The number of nitrogens with zero attached hydrogens (tertiary/aromatic N) is 2. The maximum Gasteiger partial charge on any atom is 0.0413 e. The standard InChI is InChI=1S/C22H25ClN2S.2ClH/c1-24-12-14-25(15-13-24)11-5-8-19-20-16-18(23)9-10-21(20)26-22(19)17-6-3-2-4-7-17;;/h2-4,6-7,9-10,16H,5,8,11-15H2,1H3;2*1H. The number of likely N-dealkylation sites (N-methyl/N-ethyl adjacent to an activating group) is 1. The Morgan fingerprint density at radius 3 is 2.39 bits per heavy atom. The molecule has 0 saturated carbocycles. The van der Waals surface area contributed by atoms with Gasteiger partial charge in [-0.25, -0.2) is 0 Å².